The molecule has 140 valence electrons. The number of amides is 1. The Labute approximate surface area is 142 Å². The van der Waals surface area contributed by atoms with Gasteiger partial charge in [0.2, 0.25) is 5.91 Å². The van der Waals surface area contributed by atoms with Crippen molar-refractivity contribution in [2.45, 2.75) is 20.0 Å². The average Bonchev–Trinajstić information content (AvgIpc) is 2.39. The monoisotopic (exact) mass is 366 g/mol. The topological polar surface area (TPSA) is 114 Å². The number of hydrogen-bond acceptors (Lipinski definition) is 7. The Morgan fingerprint density at radius 1 is 1.17 bits per heavy atom. The molecule has 0 saturated heterocycles. The maximum Gasteiger partial charge on any atom is 0.331 e. The summed E-state index contributed by atoms with van der Waals surface area (Å²) in [5.74, 6) is -1.20. The SMILES string of the molecule is CC(C)OC(=O)/C=C/C(=O)NCCOP(=O)([O-])OCC[N+](C)(C)C. The summed E-state index contributed by atoms with van der Waals surface area (Å²) >= 11 is 0. The zero-order valence-corrected chi connectivity index (χ0v) is 15.7. The standard InChI is InChI=1S/C14H27N2O7P/c1-12(2)23-14(18)7-6-13(17)15-8-10-21-24(19,20)22-11-9-16(3,4)5/h6-7,12H,8-11H2,1-5H3,(H-,15,17,19,20)/b7-6+. The lowest BCUT2D eigenvalue weighted by Crippen LogP contribution is -2.37. The van der Waals surface area contributed by atoms with Gasteiger partial charge in [-0.2, -0.15) is 0 Å². The molecule has 10 heteroatoms. The van der Waals surface area contributed by atoms with E-state index < -0.39 is 19.7 Å². The van der Waals surface area contributed by atoms with Crippen molar-refractivity contribution in [3.05, 3.63) is 12.2 Å². The Kier molecular flexibility index (Phi) is 10.0. The molecule has 1 amide bonds. The summed E-state index contributed by atoms with van der Waals surface area (Å²) in [7, 11) is 1.32. The fourth-order valence-corrected chi connectivity index (χ4v) is 1.96. The van der Waals surface area contributed by atoms with Crippen molar-refractivity contribution in [1.82, 2.24) is 5.32 Å². The van der Waals surface area contributed by atoms with E-state index in [1.807, 2.05) is 21.1 Å². The third kappa shape index (κ3) is 14.3. The van der Waals surface area contributed by atoms with E-state index in [1.54, 1.807) is 13.8 Å². The van der Waals surface area contributed by atoms with Gasteiger partial charge in [-0.05, 0) is 13.8 Å². The summed E-state index contributed by atoms with van der Waals surface area (Å²) in [4.78, 5) is 34.0. The van der Waals surface area contributed by atoms with Crippen LogP contribution in [0.5, 0.6) is 0 Å². The van der Waals surface area contributed by atoms with Crippen LogP contribution in [-0.2, 0) is 27.9 Å². The number of quaternary nitrogens is 1. The lowest BCUT2D eigenvalue weighted by molar-refractivity contribution is -0.870. The van der Waals surface area contributed by atoms with Gasteiger partial charge in [-0.15, -0.1) is 0 Å². The fourth-order valence-electron chi connectivity index (χ4n) is 1.27. The van der Waals surface area contributed by atoms with Crippen LogP contribution in [0.25, 0.3) is 0 Å². The largest absolute Gasteiger partial charge is 0.756 e. The number of carbonyl (C=O) groups excluding carboxylic acids is 2. The smallest absolute Gasteiger partial charge is 0.331 e. The number of rotatable bonds is 11. The maximum atomic E-state index is 11.5. The number of esters is 1. The highest BCUT2D eigenvalue weighted by molar-refractivity contribution is 7.45. The number of nitrogens with one attached hydrogen (secondary N) is 1. The van der Waals surface area contributed by atoms with Crippen molar-refractivity contribution in [2.24, 2.45) is 0 Å². The van der Waals surface area contributed by atoms with Gasteiger partial charge in [-0.3, -0.25) is 9.36 Å². The van der Waals surface area contributed by atoms with Crippen LogP contribution >= 0.6 is 7.82 Å². The zero-order valence-electron chi connectivity index (χ0n) is 14.8. The van der Waals surface area contributed by atoms with Gasteiger partial charge in [-0.25, -0.2) is 4.79 Å². The first-order valence-electron chi connectivity index (χ1n) is 7.48. The van der Waals surface area contributed by atoms with Crippen LogP contribution in [0, 0.1) is 0 Å². The third-order valence-corrected chi connectivity index (χ3v) is 3.38. The first-order chi connectivity index (χ1) is 10.9. The first-order valence-corrected chi connectivity index (χ1v) is 8.94. The van der Waals surface area contributed by atoms with Gasteiger partial charge in [0.15, 0.2) is 0 Å². The molecule has 0 aromatic heterocycles. The number of phosphoric acid groups is 1. The third-order valence-electron chi connectivity index (χ3n) is 2.38. The van der Waals surface area contributed by atoms with Crippen LogP contribution in [0.1, 0.15) is 13.8 Å². The minimum Gasteiger partial charge on any atom is -0.756 e. The molecule has 0 aliphatic heterocycles. The summed E-state index contributed by atoms with van der Waals surface area (Å²) in [5, 5.41) is 2.37. The van der Waals surface area contributed by atoms with Gasteiger partial charge < -0.3 is 28.5 Å². The average molecular weight is 366 g/mol. The summed E-state index contributed by atoms with van der Waals surface area (Å²) < 4.78 is 26.1. The van der Waals surface area contributed by atoms with Crippen molar-refractivity contribution >= 4 is 19.7 Å². The molecule has 0 aromatic rings. The van der Waals surface area contributed by atoms with Gasteiger partial charge in [-0.1, -0.05) is 0 Å². The normalized spacial score (nSPS) is 14.6. The Morgan fingerprint density at radius 2 is 1.75 bits per heavy atom. The van der Waals surface area contributed by atoms with E-state index in [4.69, 9.17) is 9.26 Å². The molecule has 0 fully saturated rings. The molecule has 1 unspecified atom stereocenters. The highest BCUT2D eigenvalue weighted by atomic mass is 31.2. The molecule has 9 nitrogen and oxygen atoms in total. The van der Waals surface area contributed by atoms with Crippen LogP contribution < -0.4 is 10.2 Å². The minimum absolute atomic E-state index is 0.0112. The van der Waals surface area contributed by atoms with E-state index >= 15 is 0 Å². The van der Waals surface area contributed by atoms with Gasteiger partial charge in [0.1, 0.15) is 13.2 Å². The number of nitrogens with zero attached hydrogens (tertiary/aromatic N) is 1. The molecule has 0 rings (SSSR count). The van der Waals surface area contributed by atoms with Crippen LogP contribution in [-0.4, -0.2) is 69.9 Å². The summed E-state index contributed by atoms with van der Waals surface area (Å²) in [5.41, 5.74) is 0. The molecule has 0 radical (unpaired) electrons. The van der Waals surface area contributed by atoms with Crippen LogP contribution in [0.4, 0.5) is 0 Å². The summed E-state index contributed by atoms with van der Waals surface area (Å²) in [6.45, 7) is 3.58. The molecule has 0 spiro atoms. The highest BCUT2D eigenvalue weighted by Gasteiger charge is 2.13. The van der Waals surface area contributed by atoms with E-state index in [1.165, 1.54) is 0 Å². The van der Waals surface area contributed by atoms with Gasteiger partial charge in [0.25, 0.3) is 7.82 Å². The molecule has 24 heavy (non-hydrogen) atoms. The summed E-state index contributed by atoms with van der Waals surface area (Å²) in [6.07, 6.45) is 1.71. The van der Waals surface area contributed by atoms with E-state index in [9.17, 15) is 19.0 Å². The predicted molar refractivity (Wildman–Crippen MR) is 85.8 cm³/mol. The fraction of sp³-hybridized carbons (Fsp3) is 0.714. The van der Waals surface area contributed by atoms with Crippen molar-refractivity contribution < 1.29 is 37.3 Å². The van der Waals surface area contributed by atoms with Crippen molar-refractivity contribution in [1.29, 1.82) is 0 Å². The second-order valence-electron chi connectivity index (χ2n) is 6.24. The molecule has 1 atom stereocenters. The lowest BCUT2D eigenvalue weighted by atomic mass is 10.4. The molecule has 0 bridgehead atoms. The van der Waals surface area contributed by atoms with Gasteiger partial charge >= 0.3 is 5.97 Å². The minimum atomic E-state index is -4.39. The Morgan fingerprint density at radius 3 is 2.29 bits per heavy atom. The number of hydrogen-bond donors (Lipinski definition) is 1. The number of phosphoric ester groups is 1. The van der Waals surface area contributed by atoms with Gasteiger partial charge in [0, 0.05) is 18.7 Å². The number of ether oxygens (including phenoxy) is 1. The number of likely N-dealkylation sites (N-methyl/N-ethyl adjacent to an activating group) is 1. The molecule has 0 saturated carbocycles. The molecule has 0 aromatic carbocycles. The Bertz CT molecular complexity index is 486. The van der Waals surface area contributed by atoms with Crippen molar-refractivity contribution in [3.63, 3.8) is 0 Å². The molecule has 0 heterocycles. The Hall–Kier alpha value is -1.25. The van der Waals surface area contributed by atoms with E-state index in [0.717, 1.165) is 12.2 Å². The first kappa shape index (κ1) is 22.8. The molecular formula is C14H27N2O7P. The van der Waals surface area contributed by atoms with Crippen molar-refractivity contribution in [2.75, 3.05) is 47.4 Å². The lowest BCUT2D eigenvalue weighted by Gasteiger charge is -2.27. The molecule has 0 aliphatic rings. The second kappa shape index (κ2) is 10.6. The zero-order chi connectivity index (χ0) is 18.8. The van der Waals surface area contributed by atoms with Crippen LogP contribution in [0.15, 0.2) is 12.2 Å². The quantitative estimate of drug-likeness (QED) is 0.177. The molecule has 1 N–H and O–H groups in total. The van der Waals surface area contributed by atoms with Crippen LogP contribution in [0.2, 0.25) is 0 Å². The highest BCUT2D eigenvalue weighted by Crippen LogP contribution is 2.37. The summed E-state index contributed by atoms with van der Waals surface area (Å²) in [6, 6.07) is 0. The van der Waals surface area contributed by atoms with Crippen molar-refractivity contribution in [3.8, 4) is 0 Å². The van der Waals surface area contributed by atoms with E-state index in [0.29, 0.717) is 11.0 Å². The second-order valence-corrected chi connectivity index (χ2v) is 7.65. The molecule has 0 aliphatic carbocycles. The predicted octanol–water partition coefficient (Wildman–Crippen LogP) is -0.182. The molecular weight excluding hydrogens is 339 g/mol. The maximum absolute atomic E-state index is 11.5. The van der Waals surface area contributed by atoms with Crippen LogP contribution in [0.3, 0.4) is 0 Å². The van der Waals surface area contributed by atoms with E-state index in [2.05, 4.69) is 9.84 Å². The van der Waals surface area contributed by atoms with E-state index in [-0.39, 0.29) is 25.9 Å². The number of carbonyl (C=O) groups is 2. The Balaban J connectivity index is 3.94. The van der Waals surface area contributed by atoms with Gasteiger partial charge in [0.05, 0.1) is 33.9 Å².